The van der Waals surface area contributed by atoms with Gasteiger partial charge in [-0.05, 0) is 105 Å². The SMILES string of the molecule is C/C=C/CCC1CCC(c2ccc(-c3ccc(-c4cc(F)c(C)c(F)c4)c(F)c3)c(F)c2)CC1. The van der Waals surface area contributed by atoms with Gasteiger partial charge in [0.25, 0.3) is 0 Å². The van der Waals surface area contributed by atoms with Gasteiger partial charge in [0.15, 0.2) is 0 Å². The van der Waals surface area contributed by atoms with Crippen molar-refractivity contribution in [2.24, 2.45) is 5.92 Å². The third-order valence-electron chi connectivity index (χ3n) is 7.16. The lowest BCUT2D eigenvalue weighted by atomic mass is 9.77. The first-order valence-corrected chi connectivity index (χ1v) is 12.0. The summed E-state index contributed by atoms with van der Waals surface area (Å²) in [6.07, 6.45) is 11.1. The van der Waals surface area contributed by atoms with E-state index in [0.717, 1.165) is 42.9 Å². The van der Waals surface area contributed by atoms with Gasteiger partial charge in [-0.1, -0.05) is 36.4 Å². The summed E-state index contributed by atoms with van der Waals surface area (Å²) in [5, 5.41) is 0. The van der Waals surface area contributed by atoms with E-state index in [1.807, 2.05) is 13.0 Å². The van der Waals surface area contributed by atoms with Crippen LogP contribution in [0.4, 0.5) is 17.6 Å². The monoisotopic (exact) mass is 466 g/mol. The van der Waals surface area contributed by atoms with Crippen LogP contribution < -0.4 is 0 Å². The molecule has 0 nitrogen and oxygen atoms in total. The number of halogens is 4. The predicted octanol–water partition coefficient (Wildman–Crippen LogP) is 9.52. The van der Waals surface area contributed by atoms with E-state index in [4.69, 9.17) is 0 Å². The highest BCUT2D eigenvalue weighted by atomic mass is 19.1. The van der Waals surface area contributed by atoms with E-state index in [1.165, 1.54) is 38.3 Å². The fourth-order valence-electron chi connectivity index (χ4n) is 5.02. The largest absolute Gasteiger partial charge is 0.207 e. The van der Waals surface area contributed by atoms with Crippen LogP contribution in [0.2, 0.25) is 0 Å². The van der Waals surface area contributed by atoms with Gasteiger partial charge < -0.3 is 0 Å². The Balaban J connectivity index is 1.50. The Kier molecular flexibility index (Phi) is 7.55. The molecule has 178 valence electrons. The Morgan fingerprint density at radius 1 is 0.735 bits per heavy atom. The summed E-state index contributed by atoms with van der Waals surface area (Å²) in [6.45, 7) is 3.38. The van der Waals surface area contributed by atoms with Gasteiger partial charge in [0.1, 0.15) is 23.3 Å². The molecule has 4 heteroatoms. The number of hydrogen-bond donors (Lipinski definition) is 0. The van der Waals surface area contributed by atoms with Crippen LogP contribution in [0.1, 0.15) is 62.5 Å². The molecule has 0 aromatic heterocycles. The Bertz CT molecular complexity index is 1160. The van der Waals surface area contributed by atoms with Crippen LogP contribution in [0.3, 0.4) is 0 Å². The lowest BCUT2D eigenvalue weighted by Crippen LogP contribution is -2.13. The van der Waals surface area contributed by atoms with Gasteiger partial charge in [-0.2, -0.15) is 0 Å². The fourth-order valence-corrected chi connectivity index (χ4v) is 5.02. The molecular weight excluding hydrogens is 436 g/mol. The molecule has 1 aliphatic rings. The second-order valence-electron chi connectivity index (χ2n) is 9.36. The maximum Gasteiger partial charge on any atom is 0.131 e. The van der Waals surface area contributed by atoms with Gasteiger partial charge in [-0.3, -0.25) is 0 Å². The summed E-state index contributed by atoms with van der Waals surface area (Å²) in [4.78, 5) is 0. The molecular formula is C30H30F4. The van der Waals surface area contributed by atoms with Crippen molar-refractivity contribution in [3.8, 4) is 22.3 Å². The molecule has 0 N–H and O–H groups in total. The first-order valence-electron chi connectivity index (χ1n) is 12.0. The molecule has 1 aliphatic carbocycles. The van der Waals surface area contributed by atoms with Gasteiger partial charge in [0.2, 0.25) is 0 Å². The first kappa shape index (κ1) is 24.3. The number of hydrogen-bond acceptors (Lipinski definition) is 0. The van der Waals surface area contributed by atoms with Crippen molar-refractivity contribution in [1.29, 1.82) is 0 Å². The van der Waals surface area contributed by atoms with Gasteiger partial charge in [-0.15, -0.1) is 0 Å². The molecule has 1 fully saturated rings. The molecule has 34 heavy (non-hydrogen) atoms. The minimum absolute atomic E-state index is 0.0739. The number of rotatable bonds is 6. The second-order valence-corrected chi connectivity index (χ2v) is 9.36. The number of allylic oxidation sites excluding steroid dienone is 2. The molecule has 0 heterocycles. The standard InChI is InChI=1S/C30H30F4/c1-3-4-5-6-20-7-9-21(10-8-20)22-11-13-25(29(33)15-22)23-12-14-26(30(34)16-23)24-17-27(31)19(2)28(32)18-24/h3-4,11-18,20-21H,5-10H2,1-2H3/b4-3+. The van der Waals surface area contributed by atoms with Crippen molar-refractivity contribution in [3.63, 3.8) is 0 Å². The fraction of sp³-hybridized carbons (Fsp3) is 0.333. The van der Waals surface area contributed by atoms with Crippen LogP contribution >= 0.6 is 0 Å². The van der Waals surface area contributed by atoms with E-state index in [0.29, 0.717) is 17.0 Å². The van der Waals surface area contributed by atoms with Crippen LogP contribution in [0.5, 0.6) is 0 Å². The van der Waals surface area contributed by atoms with E-state index in [1.54, 1.807) is 18.2 Å². The average molecular weight is 467 g/mol. The molecule has 0 saturated heterocycles. The van der Waals surface area contributed by atoms with E-state index in [9.17, 15) is 13.2 Å². The second kappa shape index (κ2) is 10.6. The van der Waals surface area contributed by atoms with E-state index < -0.39 is 17.5 Å². The minimum atomic E-state index is -0.730. The van der Waals surface area contributed by atoms with Gasteiger partial charge in [-0.25, -0.2) is 17.6 Å². The highest BCUT2D eigenvalue weighted by molar-refractivity contribution is 5.72. The zero-order valence-corrected chi connectivity index (χ0v) is 19.7. The summed E-state index contributed by atoms with van der Waals surface area (Å²) >= 11 is 0. The molecule has 0 bridgehead atoms. The third kappa shape index (κ3) is 5.27. The highest BCUT2D eigenvalue weighted by Crippen LogP contribution is 2.39. The zero-order chi connectivity index (χ0) is 24.2. The van der Waals surface area contributed by atoms with Crippen molar-refractivity contribution < 1.29 is 17.6 Å². The minimum Gasteiger partial charge on any atom is -0.207 e. The molecule has 4 rings (SSSR count). The predicted molar refractivity (Wildman–Crippen MR) is 131 cm³/mol. The van der Waals surface area contributed by atoms with Crippen LogP contribution in [0, 0.1) is 36.1 Å². The molecule has 0 spiro atoms. The summed E-state index contributed by atoms with van der Waals surface area (Å²) in [7, 11) is 0. The highest BCUT2D eigenvalue weighted by Gasteiger charge is 2.23. The molecule has 0 atom stereocenters. The van der Waals surface area contributed by atoms with Crippen molar-refractivity contribution in [1.82, 2.24) is 0 Å². The topological polar surface area (TPSA) is 0 Å². The van der Waals surface area contributed by atoms with Crippen LogP contribution in [0.25, 0.3) is 22.3 Å². The quantitative estimate of drug-likeness (QED) is 0.251. The van der Waals surface area contributed by atoms with E-state index in [2.05, 4.69) is 12.2 Å². The normalized spacial score (nSPS) is 18.5. The molecule has 0 amide bonds. The first-order chi connectivity index (χ1) is 16.4. The molecule has 3 aromatic rings. The Hall–Kier alpha value is -2.88. The average Bonchev–Trinajstić information content (AvgIpc) is 2.83. The van der Waals surface area contributed by atoms with Crippen LogP contribution in [0.15, 0.2) is 60.7 Å². The summed E-state index contributed by atoms with van der Waals surface area (Å²) in [5.74, 6) is -1.40. The Labute approximate surface area is 199 Å². The smallest absolute Gasteiger partial charge is 0.131 e. The van der Waals surface area contributed by atoms with Crippen molar-refractivity contribution >= 4 is 0 Å². The molecule has 3 aromatic carbocycles. The van der Waals surface area contributed by atoms with Crippen LogP contribution in [-0.2, 0) is 0 Å². The molecule has 0 radical (unpaired) electrons. The van der Waals surface area contributed by atoms with Crippen LogP contribution in [-0.4, -0.2) is 0 Å². The third-order valence-corrected chi connectivity index (χ3v) is 7.16. The van der Waals surface area contributed by atoms with Gasteiger partial charge >= 0.3 is 0 Å². The molecule has 0 aliphatic heterocycles. The molecule has 1 saturated carbocycles. The Morgan fingerprint density at radius 3 is 1.94 bits per heavy atom. The van der Waals surface area contributed by atoms with Gasteiger partial charge in [0.05, 0.1) is 0 Å². The number of benzene rings is 3. The maximum atomic E-state index is 15.0. The zero-order valence-electron chi connectivity index (χ0n) is 19.7. The molecule has 0 unspecified atom stereocenters. The maximum absolute atomic E-state index is 15.0. The Morgan fingerprint density at radius 2 is 1.32 bits per heavy atom. The lowest BCUT2D eigenvalue weighted by Gasteiger charge is -2.28. The van der Waals surface area contributed by atoms with E-state index >= 15 is 4.39 Å². The lowest BCUT2D eigenvalue weighted by molar-refractivity contribution is 0.311. The van der Waals surface area contributed by atoms with Gasteiger partial charge in [0, 0.05) is 16.7 Å². The summed E-state index contributed by atoms with van der Waals surface area (Å²) in [5.41, 5.74) is 1.79. The summed E-state index contributed by atoms with van der Waals surface area (Å²) in [6, 6.07) is 11.7. The van der Waals surface area contributed by atoms with E-state index in [-0.39, 0.29) is 22.5 Å². The van der Waals surface area contributed by atoms with Crippen molar-refractivity contribution in [2.45, 2.75) is 58.3 Å². The summed E-state index contributed by atoms with van der Waals surface area (Å²) < 4.78 is 57.8. The van der Waals surface area contributed by atoms with Crippen molar-refractivity contribution in [3.05, 3.63) is 95.1 Å². The van der Waals surface area contributed by atoms with Crippen molar-refractivity contribution in [2.75, 3.05) is 0 Å².